The molecule has 0 atom stereocenters. The van der Waals surface area contributed by atoms with Crippen LogP contribution >= 0.6 is 0 Å². The molecule has 0 amide bonds. The third-order valence-corrected chi connectivity index (χ3v) is 3.57. The predicted octanol–water partition coefficient (Wildman–Crippen LogP) is 2.68. The van der Waals surface area contributed by atoms with Gasteiger partial charge in [0.15, 0.2) is 0 Å². The Morgan fingerprint density at radius 1 is 1.35 bits per heavy atom. The van der Waals surface area contributed by atoms with Crippen molar-refractivity contribution in [3.05, 3.63) is 46.2 Å². The fourth-order valence-corrected chi connectivity index (χ4v) is 2.32. The molecule has 1 N–H and O–H groups in total. The number of aliphatic hydroxyl groups excluding tert-OH is 1. The molecule has 2 rings (SSSR count). The van der Waals surface area contributed by atoms with Gasteiger partial charge < -0.3 is 14.3 Å². The maximum atomic E-state index is 11.3. The van der Waals surface area contributed by atoms with Crippen LogP contribution in [0.2, 0.25) is 0 Å². The normalized spacial score (nSPS) is 11.0. The van der Waals surface area contributed by atoms with Gasteiger partial charge in [-0.15, -0.1) is 0 Å². The first-order chi connectivity index (χ1) is 11.1. The van der Waals surface area contributed by atoms with Crippen molar-refractivity contribution in [3.63, 3.8) is 0 Å². The lowest BCUT2D eigenvalue weighted by atomic mass is 10.1. The van der Waals surface area contributed by atoms with Crippen LogP contribution in [0, 0.1) is 10.1 Å². The summed E-state index contributed by atoms with van der Waals surface area (Å²) in [7, 11) is 1.46. The molecule has 2 aromatic rings. The molecule has 0 saturated heterocycles. The van der Waals surface area contributed by atoms with Crippen LogP contribution in [0.5, 0.6) is 5.75 Å². The van der Waals surface area contributed by atoms with Crippen LogP contribution in [0.1, 0.15) is 12.7 Å². The second kappa shape index (κ2) is 7.75. The Morgan fingerprint density at radius 3 is 2.74 bits per heavy atom. The molecular formula is C16H20N2O5. The van der Waals surface area contributed by atoms with E-state index in [-0.39, 0.29) is 12.3 Å². The standard InChI is InChI=1S/C16H20N2O5/c1-3-17(8-9-19)11-13-5-7-16(23-13)14-6-4-12(22-2)10-15(14)18(20)21/h4-7,10,19H,3,8-9,11H2,1-2H3. The number of methoxy groups -OCH3 is 1. The minimum atomic E-state index is -0.454. The van der Waals surface area contributed by atoms with Crippen LogP contribution in [0.3, 0.4) is 0 Å². The number of hydrogen-bond acceptors (Lipinski definition) is 6. The maximum Gasteiger partial charge on any atom is 0.284 e. The molecule has 7 heteroatoms. The summed E-state index contributed by atoms with van der Waals surface area (Å²) in [6, 6.07) is 8.17. The topological polar surface area (TPSA) is 89.0 Å². The molecule has 0 aliphatic carbocycles. The van der Waals surface area contributed by atoms with Crippen molar-refractivity contribution in [2.75, 3.05) is 26.8 Å². The number of ether oxygens (including phenoxy) is 1. The maximum absolute atomic E-state index is 11.3. The Kier molecular flexibility index (Phi) is 5.72. The smallest absolute Gasteiger partial charge is 0.284 e. The van der Waals surface area contributed by atoms with Gasteiger partial charge in [0.2, 0.25) is 0 Å². The summed E-state index contributed by atoms with van der Waals surface area (Å²) in [5, 5.41) is 20.3. The molecule has 1 aromatic heterocycles. The molecular weight excluding hydrogens is 300 g/mol. The van der Waals surface area contributed by atoms with Crippen molar-refractivity contribution >= 4 is 5.69 Å². The number of nitro benzene ring substituents is 1. The second-order valence-electron chi connectivity index (χ2n) is 5.00. The fourth-order valence-electron chi connectivity index (χ4n) is 2.32. The van der Waals surface area contributed by atoms with Gasteiger partial charge >= 0.3 is 0 Å². The van der Waals surface area contributed by atoms with Gasteiger partial charge in [0, 0.05) is 6.54 Å². The van der Waals surface area contributed by atoms with Gasteiger partial charge in [-0.05, 0) is 30.8 Å². The van der Waals surface area contributed by atoms with Crippen LogP contribution in [0.15, 0.2) is 34.7 Å². The van der Waals surface area contributed by atoms with Gasteiger partial charge in [-0.2, -0.15) is 0 Å². The summed E-state index contributed by atoms with van der Waals surface area (Å²) in [5.41, 5.74) is 0.347. The Labute approximate surface area is 134 Å². The summed E-state index contributed by atoms with van der Waals surface area (Å²) >= 11 is 0. The summed E-state index contributed by atoms with van der Waals surface area (Å²) < 4.78 is 10.8. The number of likely N-dealkylation sites (N-methyl/N-ethyl adjacent to an activating group) is 1. The van der Waals surface area contributed by atoms with E-state index >= 15 is 0 Å². The minimum Gasteiger partial charge on any atom is -0.497 e. The quantitative estimate of drug-likeness (QED) is 0.594. The third-order valence-electron chi connectivity index (χ3n) is 3.57. The molecule has 0 fully saturated rings. The van der Waals surface area contributed by atoms with Crippen molar-refractivity contribution in [2.24, 2.45) is 0 Å². The molecule has 0 aliphatic rings. The fraction of sp³-hybridized carbons (Fsp3) is 0.375. The molecule has 1 aromatic carbocycles. The van der Waals surface area contributed by atoms with Crippen molar-refractivity contribution in [3.8, 4) is 17.1 Å². The lowest BCUT2D eigenvalue weighted by molar-refractivity contribution is -0.384. The Hall–Kier alpha value is -2.38. The molecule has 0 saturated carbocycles. The molecule has 23 heavy (non-hydrogen) atoms. The minimum absolute atomic E-state index is 0.0621. The van der Waals surface area contributed by atoms with E-state index in [4.69, 9.17) is 14.3 Å². The molecule has 0 aliphatic heterocycles. The first kappa shape index (κ1) is 17.0. The molecule has 0 bridgehead atoms. The second-order valence-corrected chi connectivity index (χ2v) is 5.00. The zero-order chi connectivity index (χ0) is 16.8. The van der Waals surface area contributed by atoms with E-state index in [0.717, 1.165) is 6.54 Å². The van der Waals surface area contributed by atoms with E-state index in [1.165, 1.54) is 13.2 Å². The number of rotatable bonds is 8. The monoisotopic (exact) mass is 320 g/mol. The number of furan rings is 1. The SMILES string of the molecule is CCN(CCO)Cc1ccc(-c2ccc(OC)cc2[N+](=O)[O-])o1. The van der Waals surface area contributed by atoms with Gasteiger partial charge in [-0.25, -0.2) is 0 Å². The van der Waals surface area contributed by atoms with Crippen molar-refractivity contribution in [1.82, 2.24) is 4.90 Å². The summed E-state index contributed by atoms with van der Waals surface area (Å²) in [5.74, 6) is 1.56. The molecule has 7 nitrogen and oxygen atoms in total. The summed E-state index contributed by atoms with van der Waals surface area (Å²) in [6.45, 7) is 3.94. The number of hydrogen-bond donors (Lipinski definition) is 1. The first-order valence-corrected chi connectivity index (χ1v) is 7.33. The highest BCUT2D eigenvalue weighted by molar-refractivity contribution is 5.71. The van der Waals surface area contributed by atoms with Gasteiger partial charge in [0.25, 0.3) is 5.69 Å². The summed E-state index contributed by atoms with van der Waals surface area (Å²) in [6.07, 6.45) is 0. The first-order valence-electron chi connectivity index (χ1n) is 7.33. The van der Waals surface area contributed by atoms with Crippen molar-refractivity contribution in [2.45, 2.75) is 13.5 Å². The summed E-state index contributed by atoms with van der Waals surface area (Å²) in [4.78, 5) is 12.8. The van der Waals surface area contributed by atoms with E-state index < -0.39 is 4.92 Å². The number of nitro groups is 1. The van der Waals surface area contributed by atoms with E-state index in [2.05, 4.69) is 0 Å². The van der Waals surface area contributed by atoms with E-state index in [0.29, 0.717) is 35.9 Å². The molecule has 124 valence electrons. The van der Waals surface area contributed by atoms with Gasteiger partial charge in [-0.1, -0.05) is 6.92 Å². The van der Waals surface area contributed by atoms with Gasteiger partial charge in [0.05, 0.1) is 36.8 Å². The van der Waals surface area contributed by atoms with Gasteiger partial charge in [-0.3, -0.25) is 15.0 Å². The van der Waals surface area contributed by atoms with Gasteiger partial charge in [0.1, 0.15) is 17.3 Å². The lowest BCUT2D eigenvalue weighted by Crippen LogP contribution is -2.25. The predicted molar refractivity (Wildman–Crippen MR) is 85.4 cm³/mol. The van der Waals surface area contributed by atoms with E-state index in [1.807, 2.05) is 11.8 Å². The van der Waals surface area contributed by atoms with Crippen LogP contribution in [-0.2, 0) is 6.54 Å². The Balaban J connectivity index is 2.28. The number of aliphatic hydroxyl groups is 1. The zero-order valence-electron chi connectivity index (χ0n) is 13.2. The highest BCUT2D eigenvalue weighted by Crippen LogP contribution is 2.34. The van der Waals surface area contributed by atoms with E-state index in [9.17, 15) is 10.1 Å². The van der Waals surface area contributed by atoms with Crippen LogP contribution in [0.4, 0.5) is 5.69 Å². The van der Waals surface area contributed by atoms with Crippen molar-refractivity contribution in [1.29, 1.82) is 0 Å². The number of benzene rings is 1. The van der Waals surface area contributed by atoms with E-state index in [1.54, 1.807) is 24.3 Å². The zero-order valence-corrected chi connectivity index (χ0v) is 13.2. The Bertz CT molecular complexity index is 668. The molecule has 0 radical (unpaired) electrons. The van der Waals surface area contributed by atoms with Crippen LogP contribution in [-0.4, -0.2) is 41.7 Å². The van der Waals surface area contributed by atoms with Crippen LogP contribution < -0.4 is 4.74 Å². The largest absolute Gasteiger partial charge is 0.497 e. The molecule has 0 spiro atoms. The lowest BCUT2D eigenvalue weighted by Gasteiger charge is -2.17. The molecule has 0 unspecified atom stereocenters. The third kappa shape index (κ3) is 4.08. The average Bonchev–Trinajstić information content (AvgIpc) is 3.02. The van der Waals surface area contributed by atoms with Crippen molar-refractivity contribution < 1.29 is 19.2 Å². The average molecular weight is 320 g/mol. The number of nitrogens with zero attached hydrogens (tertiary/aromatic N) is 2. The van der Waals surface area contributed by atoms with Crippen LogP contribution in [0.25, 0.3) is 11.3 Å². The highest BCUT2D eigenvalue weighted by Gasteiger charge is 2.19. The Morgan fingerprint density at radius 2 is 2.13 bits per heavy atom. The molecule has 1 heterocycles. The highest BCUT2D eigenvalue weighted by atomic mass is 16.6.